The minimum absolute atomic E-state index is 0.0731. The molecule has 0 aromatic carbocycles. The number of nitrogens with zero attached hydrogens (tertiary/aromatic N) is 3. The van der Waals surface area contributed by atoms with Gasteiger partial charge in [-0.1, -0.05) is 6.42 Å². The van der Waals surface area contributed by atoms with Crippen molar-refractivity contribution in [3.8, 4) is 0 Å². The van der Waals surface area contributed by atoms with E-state index >= 15 is 0 Å². The second-order valence-corrected chi connectivity index (χ2v) is 7.97. The van der Waals surface area contributed by atoms with Crippen LogP contribution in [0, 0.1) is 18.3 Å². The monoisotopic (exact) mass is 313 g/mol. The van der Waals surface area contributed by atoms with Crippen molar-refractivity contribution in [3.63, 3.8) is 0 Å². The summed E-state index contributed by atoms with van der Waals surface area (Å²) < 4.78 is 28.3. The molecule has 0 radical (unpaired) electrons. The van der Waals surface area contributed by atoms with Gasteiger partial charge in [-0.3, -0.25) is 9.48 Å². The summed E-state index contributed by atoms with van der Waals surface area (Å²) in [5.41, 5.74) is -0.333. The predicted molar refractivity (Wildman–Crippen MR) is 74.1 cm³/mol. The summed E-state index contributed by atoms with van der Waals surface area (Å²) in [7, 11) is -1.99. The third kappa shape index (κ3) is 1.92. The molecule has 0 bridgehead atoms. The van der Waals surface area contributed by atoms with Crippen molar-refractivity contribution in [3.05, 3.63) is 11.9 Å². The number of aromatic nitrogens is 2. The van der Waals surface area contributed by atoms with Gasteiger partial charge in [0.15, 0.2) is 0 Å². The zero-order chi connectivity index (χ0) is 15.4. The number of sulfonamides is 1. The van der Waals surface area contributed by atoms with E-state index in [0.717, 1.165) is 12.8 Å². The van der Waals surface area contributed by atoms with E-state index in [2.05, 4.69) is 5.10 Å². The van der Waals surface area contributed by atoms with Crippen molar-refractivity contribution in [2.24, 2.45) is 18.4 Å². The van der Waals surface area contributed by atoms with E-state index < -0.39 is 21.4 Å². The Balaban J connectivity index is 1.96. The van der Waals surface area contributed by atoms with Crippen LogP contribution in [0.15, 0.2) is 11.1 Å². The standard InChI is InChI=1S/C13H19N3O4S/c1-9-11(6-14-15(9)2)21(19,20)16-7-10-4-3-5-13(10,8-16)12(17)18/h6,10H,3-5,7-8H2,1-2H3,(H,17,18)/t10-,13+/m0/s1. The molecule has 1 N–H and O–H groups in total. The van der Waals surface area contributed by atoms with Gasteiger partial charge in [-0.05, 0) is 25.7 Å². The number of carbonyl (C=O) groups is 1. The number of hydrogen-bond acceptors (Lipinski definition) is 4. The molecule has 1 saturated carbocycles. The minimum atomic E-state index is -3.68. The summed E-state index contributed by atoms with van der Waals surface area (Å²) in [6.45, 7) is 2.07. The van der Waals surface area contributed by atoms with Crippen molar-refractivity contribution in [2.75, 3.05) is 13.1 Å². The van der Waals surface area contributed by atoms with Gasteiger partial charge in [0, 0.05) is 20.1 Å². The van der Waals surface area contributed by atoms with E-state index in [1.165, 1.54) is 15.2 Å². The largest absolute Gasteiger partial charge is 0.481 e. The molecule has 1 aliphatic carbocycles. The van der Waals surface area contributed by atoms with Crippen LogP contribution in [0.2, 0.25) is 0 Å². The topological polar surface area (TPSA) is 92.5 Å². The van der Waals surface area contributed by atoms with Crippen molar-refractivity contribution in [1.29, 1.82) is 0 Å². The van der Waals surface area contributed by atoms with E-state index in [0.29, 0.717) is 18.7 Å². The molecule has 116 valence electrons. The van der Waals surface area contributed by atoms with E-state index in [-0.39, 0.29) is 17.4 Å². The fourth-order valence-corrected chi connectivity index (χ4v) is 5.39. The Morgan fingerprint density at radius 2 is 2.24 bits per heavy atom. The molecule has 1 aromatic heterocycles. The van der Waals surface area contributed by atoms with E-state index in [9.17, 15) is 18.3 Å². The van der Waals surface area contributed by atoms with Gasteiger partial charge in [0.25, 0.3) is 0 Å². The van der Waals surface area contributed by atoms with Crippen LogP contribution in [0.3, 0.4) is 0 Å². The molecule has 21 heavy (non-hydrogen) atoms. The molecule has 0 spiro atoms. The Kier molecular flexibility index (Phi) is 3.14. The third-order valence-electron chi connectivity index (χ3n) is 5.07. The summed E-state index contributed by atoms with van der Waals surface area (Å²) in [5.74, 6) is -0.952. The second kappa shape index (κ2) is 4.54. The Hall–Kier alpha value is -1.41. The first-order valence-corrected chi connectivity index (χ1v) is 8.45. The summed E-state index contributed by atoms with van der Waals surface area (Å²) in [6, 6.07) is 0. The smallest absolute Gasteiger partial charge is 0.311 e. The van der Waals surface area contributed by atoms with Gasteiger partial charge in [-0.15, -0.1) is 0 Å². The lowest BCUT2D eigenvalue weighted by Crippen LogP contribution is -2.37. The average molecular weight is 313 g/mol. The second-order valence-electron chi connectivity index (χ2n) is 6.07. The lowest BCUT2D eigenvalue weighted by molar-refractivity contribution is -0.149. The minimum Gasteiger partial charge on any atom is -0.481 e. The third-order valence-corrected chi connectivity index (χ3v) is 6.99. The van der Waals surface area contributed by atoms with Crippen LogP contribution in [0.1, 0.15) is 25.0 Å². The quantitative estimate of drug-likeness (QED) is 0.882. The molecular weight excluding hydrogens is 294 g/mol. The number of rotatable bonds is 3. The zero-order valence-electron chi connectivity index (χ0n) is 12.1. The number of hydrogen-bond donors (Lipinski definition) is 1. The van der Waals surface area contributed by atoms with Crippen LogP contribution in [-0.4, -0.2) is 46.7 Å². The van der Waals surface area contributed by atoms with Crippen LogP contribution in [0.25, 0.3) is 0 Å². The van der Waals surface area contributed by atoms with Crippen LogP contribution < -0.4 is 0 Å². The number of carboxylic acids is 1. The summed E-state index contributed by atoms with van der Waals surface area (Å²) in [5, 5.41) is 13.5. The van der Waals surface area contributed by atoms with Gasteiger partial charge in [0.05, 0.1) is 17.3 Å². The molecule has 2 fully saturated rings. The normalized spacial score (nSPS) is 29.7. The Morgan fingerprint density at radius 1 is 1.52 bits per heavy atom. The maximum atomic E-state index is 12.7. The molecule has 7 nitrogen and oxygen atoms in total. The Bertz CT molecular complexity index is 696. The van der Waals surface area contributed by atoms with Crippen molar-refractivity contribution in [2.45, 2.75) is 31.1 Å². The highest BCUT2D eigenvalue weighted by Gasteiger charge is 2.57. The van der Waals surface area contributed by atoms with Crippen molar-refractivity contribution in [1.82, 2.24) is 14.1 Å². The van der Waals surface area contributed by atoms with Crippen molar-refractivity contribution < 1.29 is 18.3 Å². The Labute approximate surface area is 123 Å². The van der Waals surface area contributed by atoms with Gasteiger partial charge in [0.1, 0.15) is 4.90 Å². The molecule has 2 aliphatic rings. The average Bonchev–Trinajstić information content (AvgIpc) is 3.03. The number of fused-ring (bicyclic) bond motifs is 1. The molecule has 1 aliphatic heterocycles. The molecule has 1 saturated heterocycles. The summed E-state index contributed by atoms with van der Waals surface area (Å²) >= 11 is 0. The van der Waals surface area contributed by atoms with Gasteiger partial charge < -0.3 is 5.11 Å². The molecule has 0 unspecified atom stereocenters. The summed E-state index contributed by atoms with van der Waals surface area (Å²) in [6.07, 6.45) is 3.54. The number of aryl methyl sites for hydroxylation is 1. The fraction of sp³-hybridized carbons (Fsp3) is 0.692. The highest BCUT2D eigenvalue weighted by atomic mass is 32.2. The fourth-order valence-electron chi connectivity index (χ4n) is 3.65. The first-order valence-electron chi connectivity index (χ1n) is 7.01. The van der Waals surface area contributed by atoms with Crippen LogP contribution in [0.4, 0.5) is 0 Å². The Morgan fingerprint density at radius 3 is 2.76 bits per heavy atom. The first-order chi connectivity index (χ1) is 9.79. The maximum absolute atomic E-state index is 12.7. The lowest BCUT2D eigenvalue weighted by atomic mass is 9.81. The van der Waals surface area contributed by atoms with Crippen LogP contribution >= 0.6 is 0 Å². The molecule has 2 atom stereocenters. The van der Waals surface area contributed by atoms with Gasteiger partial charge in [0.2, 0.25) is 10.0 Å². The van der Waals surface area contributed by atoms with Crippen LogP contribution in [-0.2, 0) is 21.9 Å². The molecule has 2 heterocycles. The van der Waals surface area contributed by atoms with E-state index in [1.807, 2.05) is 0 Å². The molecule has 3 rings (SSSR count). The number of carboxylic acid groups (broad SMARTS) is 1. The lowest BCUT2D eigenvalue weighted by Gasteiger charge is -2.23. The van der Waals surface area contributed by atoms with Gasteiger partial charge in [-0.2, -0.15) is 9.40 Å². The first kappa shape index (κ1) is 14.5. The summed E-state index contributed by atoms with van der Waals surface area (Å²) in [4.78, 5) is 11.8. The van der Waals surface area contributed by atoms with Gasteiger partial charge >= 0.3 is 5.97 Å². The SMILES string of the molecule is Cc1c(S(=O)(=O)N2C[C@@H]3CCC[C@@]3(C(=O)O)C2)cnn1C. The highest BCUT2D eigenvalue weighted by Crippen LogP contribution is 2.50. The number of aliphatic carboxylic acids is 1. The van der Waals surface area contributed by atoms with Crippen molar-refractivity contribution >= 4 is 16.0 Å². The zero-order valence-corrected chi connectivity index (χ0v) is 12.9. The maximum Gasteiger partial charge on any atom is 0.311 e. The van der Waals surface area contributed by atoms with E-state index in [1.54, 1.807) is 14.0 Å². The molecular formula is C13H19N3O4S. The molecule has 1 aromatic rings. The van der Waals surface area contributed by atoms with Gasteiger partial charge in [-0.25, -0.2) is 8.42 Å². The highest BCUT2D eigenvalue weighted by molar-refractivity contribution is 7.89. The molecule has 8 heteroatoms. The molecule has 0 amide bonds. The van der Waals surface area contributed by atoms with Crippen LogP contribution in [0.5, 0.6) is 0 Å². The van der Waals surface area contributed by atoms with E-state index in [4.69, 9.17) is 0 Å². The predicted octanol–water partition coefficient (Wildman–Crippen LogP) is 0.604.